The molecule has 0 radical (unpaired) electrons. The highest BCUT2D eigenvalue weighted by Gasteiger charge is 2.33. The number of halogens is 1. The second kappa shape index (κ2) is 7.03. The molecule has 6 nitrogen and oxygen atoms in total. The van der Waals surface area contributed by atoms with Gasteiger partial charge in [-0.3, -0.25) is 10.00 Å². The summed E-state index contributed by atoms with van der Waals surface area (Å²) in [6.45, 7) is 8.66. The maximum absolute atomic E-state index is 14.0. The maximum atomic E-state index is 14.0. The average Bonchev–Trinajstić information content (AvgIpc) is 3.16. The highest BCUT2D eigenvalue weighted by Crippen LogP contribution is 2.24. The van der Waals surface area contributed by atoms with Crippen LogP contribution in [0.15, 0.2) is 10.6 Å². The number of hydrogen-bond acceptors (Lipinski definition) is 5. The van der Waals surface area contributed by atoms with Crippen molar-refractivity contribution in [3.05, 3.63) is 34.5 Å². The highest BCUT2D eigenvalue weighted by atomic mass is 19.1. The lowest BCUT2D eigenvalue weighted by Gasteiger charge is -2.27. The minimum absolute atomic E-state index is 0.183. The van der Waals surface area contributed by atoms with Crippen molar-refractivity contribution in [2.45, 2.75) is 52.5 Å². The Morgan fingerprint density at radius 1 is 1.42 bits per heavy atom. The van der Waals surface area contributed by atoms with E-state index in [2.05, 4.69) is 32.2 Å². The zero-order valence-corrected chi connectivity index (χ0v) is 14.8. The lowest BCUT2D eigenvalue weighted by molar-refractivity contribution is 0.166. The number of hydrogen-bond donors (Lipinski definition) is 1. The predicted octanol–water partition coefficient (Wildman–Crippen LogP) is 2.37. The first-order valence-electron chi connectivity index (χ1n) is 8.41. The molecule has 0 saturated carbocycles. The lowest BCUT2D eigenvalue weighted by atomic mass is 10.1. The number of likely N-dealkylation sites (tertiary alicyclic amines) is 1. The zero-order valence-electron chi connectivity index (χ0n) is 14.8. The van der Waals surface area contributed by atoms with Crippen LogP contribution in [0.4, 0.5) is 4.39 Å². The molecule has 0 bridgehead atoms. The Labute approximate surface area is 142 Å². The minimum Gasteiger partial charge on any atom is -0.360 e. The molecule has 3 rings (SSSR count). The smallest absolute Gasteiger partial charge is 0.150 e. The number of aryl methyl sites for hydroxylation is 3. The zero-order chi connectivity index (χ0) is 17.3. The van der Waals surface area contributed by atoms with Gasteiger partial charge in [-0.1, -0.05) is 5.16 Å². The lowest BCUT2D eigenvalue weighted by Crippen LogP contribution is -2.38. The molecular weight excluding hydrogens is 309 g/mol. The minimum atomic E-state index is -0.773. The predicted molar refractivity (Wildman–Crippen MR) is 89.3 cm³/mol. The highest BCUT2D eigenvalue weighted by molar-refractivity contribution is 5.22. The van der Waals surface area contributed by atoms with Crippen LogP contribution < -0.4 is 0 Å². The third kappa shape index (κ3) is 3.84. The van der Waals surface area contributed by atoms with E-state index in [0.29, 0.717) is 19.5 Å². The first kappa shape index (κ1) is 17.1. The number of nitrogens with one attached hydrogen (secondary N) is 1. The molecule has 132 valence electrons. The van der Waals surface area contributed by atoms with Crippen LogP contribution in [0.2, 0.25) is 0 Å². The first-order valence-corrected chi connectivity index (χ1v) is 8.41. The fourth-order valence-electron chi connectivity index (χ4n) is 3.50. The Kier molecular flexibility index (Phi) is 5.01. The SMILES string of the molecule is Cc1cc(CN2C[C@@H](F)C[C@H]2CN(C)Cc2c(C)n[nH]c2C)on1. The van der Waals surface area contributed by atoms with E-state index in [1.165, 1.54) is 5.56 Å². The van der Waals surface area contributed by atoms with E-state index in [4.69, 9.17) is 4.52 Å². The first-order chi connectivity index (χ1) is 11.4. The molecule has 1 fully saturated rings. The van der Waals surface area contributed by atoms with E-state index < -0.39 is 6.17 Å². The normalized spacial score (nSPS) is 21.9. The molecule has 24 heavy (non-hydrogen) atoms. The van der Waals surface area contributed by atoms with Gasteiger partial charge in [-0.05, 0) is 34.2 Å². The van der Waals surface area contributed by atoms with Gasteiger partial charge in [-0.25, -0.2) is 4.39 Å². The number of alkyl halides is 1. The van der Waals surface area contributed by atoms with Crippen molar-refractivity contribution in [1.29, 1.82) is 0 Å². The van der Waals surface area contributed by atoms with Gasteiger partial charge in [0.15, 0.2) is 5.76 Å². The van der Waals surface area contributed by atoms with Crippen LogP contribution in [0.3, 0.4) is 0 Å². The summed E-state index contributed by atoms with van der Waals surface area (Å²) >= 11 is 0. The molecule has 0 aromatic carbocycles. The standard InChI is InChI=1S/C17H26FN5O/c1-11-5-16(24-21-11)9-23-7-14(18)6-15(23)8-22(4)10-17-12(2)19-20-13(17)3/h5,14-15H,6-10H2,1-4H3,(H,19,20)/t14-,15-/m0/s1. The van der Waals surface area contributed by atoms with E-state index in [1.54, 1.807) is 0 Å². The van der Waals surface area contributed by atoms with Crippen LogP contribution in [0.25, 0.3) is 0 Å². The Hall–Kier alpha value is -1.73. The molecule has 0 aliphatic carbocycles. The van der Waals surface area contributed by atoms with E-state index >= 15 is 0 Å². The molecule has 0 amide bonds. The summed E-state index contributed by atoms with van der Waals surface area (Å²) < 4.78 is 19.3. The number of aromatic amines is 1. The number of likely N-dealkylation sites (N-methyl/N-ethyl adjacent to an activating group) is 1. The van der Waals surface area contributed by atoms with Gasteiger partial charge < -0.3 is 9.42 Å². The fraction of sp³-hybridized carbons (Fsp3) is 0.647. The maximum Gasteiger partial charge on any atom is 0.150 e. The summed E-state index contributed by atoms with van der Waals surface area (Å²) in [5.74, 6) is 0.802. The van der Waals surface area contributed by atoms with Crippen LogP contribution in [0.1, 0.15) is 34.8 Å². The fourth-order valence-corrected chi connectivity index (χ4v) is 3.50. The summed E-state index contributed by atoms with van der Waals surface area (Å²) in [5.41, 5.74) is 4.22. The van der Waals surface area contributed by atoms with Crippen molar-refractivity contribution in [1.82, 2.24) is 25.2 Å². The van der Waals surface area contributed by atoms with Crippen LogP contribution in [-0.2, 0) is 13.1 Å². The van der Waals surface area contributed by atoms with Gasteiger partial charge in [0.05, 0.1) is 17.9 Å². The van der Waals surface area contributed by atoms with Crippen LogP contribution >= 0.6 is 0 Å². The summed E-state index contributed by atoms with van der Waals surface area (Å²) in [6.07, 6.45) is -0.203. The number of aromatic nitrogens is 3. The topological polar surface area (TPSA) is 61.2 Å². The summed E-state index contributed by atoms with van der Waals surface area (Å²) in [5, 5.41) is 11.2. The molecule has 1 saturated heterocycles. The van der Waals surface area contributed by atoms with Crippen LogP contribution in [-0.4, -0.2) is 57.5 Å². The quantitative estimate of drug-likeness (QED) is 0.878. The van der Waals surface area contributed by atoms with Crippen LogP contribution in [0.5, 0.6) is 0 Å². The van der Waals surface area contributed by atoms with E-state index in [1.807, 2.05) is 26.8 Å². The Bertz CT molecular complexity index is 663. The monoisotopic (exact) mass is 335 g/mol. The summed E-state index contributed by atoms with van der Waals surface area (Å²) in [4.78, 5) is 4.41. The van der Waals surface area contributed by atoms with Gasteiger partial charge in [0.25, 0.3) is 0 Å². The van der Waals surface area contributed by atoms with Gasteiger partial charge in [0.1, 0.15) is 6.17 Å². The molecule has 2 aromatic heterocycles. The molecule has 1 aliphatic rings. The molecule has 3 heterocycles. The van der Waals surface area contributed by atoms with Crippen molar-refractivity contribution in [3.63, 3.8) is 0 Å². The van der Waals surface area contributed by atoms with Gasteiger partial charge in [0.2, 0.25) is 0 Å². The van der Waals surface area contributed by atoms with Crippen molar-refractivity contribution >= 4 is 0 Å². The number of rotatable bonds is 6. The molecule has 2 aromatic rings. The Morgan fingerprint density at radius 2 is 2.21 bits per heavy atom. The van der Waals surface area contributed by atoms with E-state index in [9.17, 15) is 4.39 Å². The number of H-pyrrole nitrogens is 1. The summed E-state index contributed by atoms with van der Waals surface area (Å²) in [7, 11) is 2.08. The van der Waals surface area contributed by atoms with E-state index in [0.717, 1.165) is 35.9 Å². The largest absolute Gasteiger partial charge is 0.360 e. The molecular formula is C17H26FN5O. The van der Waals surface area contributed by atoms with Crippen molar-refractivity contribution in [3.8, 4) is 0 Å². The summed E-state index contributed by atoms with van der Waals surface area (Å²) in [6, 6.07) is 2.10. The van der Waals surface area contributed by atoms with Crippen molar-refractivity contribution in [2.75, 3.05) is 20.1 Å². The number of nitrogens with zero attached hydrogens (tertiary/aromatic N) is 4. The van der Waals surface area contributed by atoms with Crippen molar-refractivity contribution in [2.24, 2.45) is 0 Å². The van der Waals surface area contributed by atoms with Gasteiger partial charge in [-0.2, -0.15) is 5.10 Å². The Balaban J connectivity index is 1.61. The molecule has 1 N–H and O–H groups in total. The van der Waals surface area contributed by atoms with Crippen LogP contribution in [0, 0.1) is 20.8 Å². The average molecular weight is 335 g/mol. The molecule has 1 aliphatic heterocycles. The van der Waals surface area contributed by atoms with Gasteiger partial charge in [0, 0.05) is 43.0 Å². The van der Waals surface area contributed by atoms with E-state index in [-0.39, 0.29) is 6.04 Å². The molecule has 2 atom stereocenters. The molecule has 0 unspecified atom stereocenters. The second-order valence-electron chi connectivity index (χ2n) is 6.96. The van der Waals surface area contributed by atoms with Gasteiger partial charge in [-0.15, -0.1) is 0 Å². The second-order valence-corrected chi connectivity index (χ2v) is 6.96. The third-order valence-electron chi connectivity index (χ3n) is 4.74. The molecule has 7 heteroatoms. The Morgan fingerprint density at radius 3 is 2.83 bits per heavy atom. The molecule has 0 spiro atoms. The third-order valence-corrected chi connectivity index (χ3v) is 4.74. The van der Waals surface area contributed by atoms with Crippen molar-refractivity contribution < 1.29 is 8.91 Å². The van der Waals surface area contributed by atoms with Gasteiger partial charge >= 0.3 is 0 Å².